The minimum Gasteiger partial charge on any atom is -0.294 e. The number of hydrogen-bond donors (Lipinski definition) is 0. The van der Waals surface area contributed by atoms with E-state index in [0.29, 0.717) is 24.1 Å². The van der Waals surface area contributed by atoms with Gasteiger partial charge in [-0.25, -0.2) is 12.4 Å². The van der Waals surface area contributed by atoms with E-state index in [4.69, 9.17) is 0 Å². The van der Waals surface area contributed by atoms with Crippen LogP contribution in [0.1, 0.15) is 17.5 Å². The van der Waals surface area contributed by atoms with Crippen LogP contribution in [-0.4, -0.2) is 36.2 Å². The number of hydrogen-bond acceptors (Lipinski definition) is 4. The number of piperidine rings is 1. The highest BCUT2D eigenvalue weighted by molar-refractivity contribution is 7.90. The predicted molar refractivity (Wildman–Crippen MR) is 130 cm³/mol. The lowest BCUT2D eigenvalue weighted by molar-refractivity contribution is -0.117. The maximum atomic E-state index is 13.3. The molecule has 0 radical (unpaired) electrons. The van der Waals surface area contributed by atoms with E-state index in [1.165, 1.54) is 9.54 Å². The minimum absolute atomic E-state index is 0.113. The van der Waals surface area contributed by atoms with E-state index in [9.17, 15) is 13.2 Å². The van der Waals surface area contributed by atoms with E-state index in [-0.39, 0.29) is 10.7 Å². The van der Waals surface area contributed by atoms with Crippen LogP contribution < -0.4 is 0 Å². The number of ketones is 1. The molecule has 0 bridgehead atoms. The quantitative estimate of drug-likeness (QED) is 0.407. The van der Waals surface area contributed by atoms with E-state index in [0.717, 1.165) is 24.0 Å². The molecule has 1 aromatic heterocycles. The Morgan fingerprint density at radius 1 is 0.848 bits per heavy atom. The highest BCUT2D eigenvalue weighted by Crippen LogP contribution is 2.28. The Morgan fingerprint density at radius 2 is 1.52 bits per heavy atom. The maximum Gasteiger partial charge on any atom is 0.268 e. The maximum absolute atomic E-state index is 13.3. The van der Waals surface area contributed by atoms with Crippen LogP contribution in [0.3, 0.4) is 0 Å². The van der Waals surface area contributed by atoms with Crippen molar-refractivity contribution >= 4 is 32.8 Å². The van der Waals surface area contributed by atoms with E-state index in [2.05, 4.69) is 17.0 Å². The molecule has 0 aliphatic carbocycles. The number of nitrogens with zero attached hydrogens (tertiary/aromatic N) is 2. The average Bonchev–Trinajstić information content (AvgIpc) is 3.22. The van der Waals surface area contributed by atoms with Crippen LogP contribution >= 0.6 is 0 Å². The first-order valence-corrected chi connectivity index (χ1v) is 12.4. The lowest BCUT2D eigenvalue weighted by Crippen LogP contribution is -2.35. The Hall–Kier alpha value is -3.48. The molecule has 1 aliphatic heterocycles. The SMILES string of the molecule is O=C1CCN(Cc2ccccc2)C/C1=C\c1cn(S(=O)(=O)c2ccccc2)c2ccccc12. The van der Waals surface area contributed by atoms with Gasteiger partial charge in [-0.15, -0.1) is 0 Å². The smallest absolute Gasteiger partial charge is 0.268 e. The van der Waals surface area contributed by atoms with Gasteiger partial charge in [0.25, 0.3) is 10.0 Å². The normalized spacial score (nSPS) is 16.5. The Bertz CT molecular complexity index is 1440. The lowest BCUT2D eigenvalue weighted by atomic mass is 9.99. The monoisotopic (exact) mass is 456 g/mol. The summed E-state index contributed by atoms with van der Waals surface area (Å²) in [7, 11) is -3.76. The van der Waals surface area contributed by atoms with Gasteiger partial charge in [-0.2, -0.15) is 0 Å². The summed E-state index contributed by atoms with van der Waals surface area (Å²) in [5.74, 6) is 0.113. The van der Waals surface area contributed by atoms with Gasteiger partial charge in [0.1, 0.15) is 0 Å². The van der Waals surface area contributed by atoms with E-state index in [1.54, 1.807) is 42.6 Å². The van der Waals surface area contributed by atoms with Gasteiger partial charge in [0.05, 0.1) is 10.4 Å². The number of Topliss-reactive ketones (excluding diaryl/α,β-unsaturated/α-hetero) is 1. The van der Waals surface area contributed by atoms with Crippen molar-refractivity contribution in [1.29, 1.82) is 0 Å². The first-order valence-electron chi connectivity index (χ1n) is 10.9. The van der Waals surface area contributed by atoms with Gasteiger partial charge < -0.3 is 0 Å². The molecule has 5 nitrogen and oxygen atoms in total. The first kappa shape index (κ1) is 21.4. The Labute approximate surface area is 193 Å². The molecule has 33 heavy (non-hydrogen) atoms. The number of carbonyl (C=O) groups excluding carboxylic acids is 1. The topological polar surface area (TPSA) is 59.4 Å². The Kier molecular flexibility index (Phi) is 5.70. The Balaban J connectivity index is 1.53. The van der Waals surface area contributed by atoms with Gasteiger partial charge in [0, 0.05) is 48.8 Å². The summed E-state index contributed by atoms with van der Waals surface area (Å²) in [6.07, 6.45) is 3.95. The third-order valence-electron chi connectivity index (χ3n) is 5.99. The largest absolute Gasteiger partial charge is 0.294 e. The summed E-state index contributed by atoms with van der Waals surface area (Å²) >= 11 is 0. The molecule has 0 spiro atoms. The second-order valence-corrected chi connectivity index (χ2v) is 10.1. The van der Waals surface area contributed by atoms with Crippen LogP contribution in [0.2, 0.25) is 0 Å². The summed E-state index contributed by atoms with van der Waals surface area (Å²) < 4.78 is 28.0. The van der Waals surface area contributed by atoms with Crippen LogP contribution in [0.5, 0.6) is 0 Å². The molecule has 0 atom stereocenters. The van der Waals surface area contributed by atoms with Crippen molar-refractivity contribution in [1.82, 2.24) is 8.87 Å². The van der Waals surface area contributed by atoms with Crippen LogP contribution in [-0.2, 0) is 21.4 Å². The number of fused-ring (bicyclic) bond motifs is 1. The van der Waals surface area contributed by atoms with E-state index in [1.807, 2.05) is 42.5 Å². The lowest BCUT2D eigenvalue weighted by Gasteiger charge is -2.27. The molecule has 0 saturated carbocycles. The fourth-order valence-corrected chi connectivity index (χ4v) is 5.71. The van der Waals surface area contributed by atoms with Crippen molar-refractivity contribution < 1.29 is 13.2 Å². The standard InChI is InChI=1S/C27H24N2O3S/c30-27-15-16-28(18-21-9-3-1-4-10-21)19-23(27)17-22-20-29(26-14-8-7-13-25(22)26)33(31,32)24-11-5-2-6-12-24/h1-14,17,20H,15-16,18-19H2/b23-17+. The van der Waals surface area contributed by atoms with Gasteiger partial charge in [0.15, 0.2) is 5.78 Å². The second-order valence-electron chi connectivity index (χ2n) is 8.25. The molecule has 166 valence electrons. The van der Waals surface area contributed by atoms with Crippen molar-refractivity contribution in [2.45, 2.75) is 17.9 Å². The number of likely N-dealkylation sites (tertiary alicyclic amines) is 1. The summed E-state index contributed by atoms with van der Waals surface area (Å²) in [5, 5.41) is 0.803. The molecule has 2 heterocycles. The van der Waals surface area contributed by atoms with Crippen molar-refractivity contribution in [3.8, 4) is 0 Å². The number of aromatic nitrogens is 1. The van der Waals surface area contributed by atoms with Crippen LogP contribution in [0.25, 0.3) is 17.0 Å². The summed E-state index contributed by atoms with van der Waals surface area (Å²) in [4.78, 5) is 15.2. The molecule has 0 unspecified atom stereocenters. The third kappa shape index (κ3) is 4.27. The zero-order chi connectivity index (χ0) is 22.8. The Morgan fingerprint density at radius 3 is 2.27 bits per heavy atom. The summed E-state index contributed by atoms with van der Waals surface area (Å²) in [6, 6.07) is 26.0. The molecule has 1 saturated heterocycles. The van der Waals surface area contributed by atoms with Crippen molar-refractivity contribution in [3.63, 3.8) is 0 Å². The summed E-state index contributed by atoms with van der Waals surface area (Å²) in [5.41, 5.74) is 3.24. The number of para-hydroxylation sites is 1. The molecule has 0 N–H and O–H groups in total. The molecule has 5 rings (SSSR count). The van der Waals surface area contributed by atoms with Crippen molar-refractivity contribution in [2.75, 3.05) is 13.1 Å². The van der Waals surface area contributed by atoms with Gasteiger partial charge in [-0.05, 0) is 29.8 Å². The zero-order valence-electron chi connectivity index (χ0n) is 18.1. The van der Waals surface area contributed by atoms with Gasteiger partial charge in [-0.1, -0.05) is 66.7 Å². The highest BCUT2D eigenvalue weighted by atomic mass is 32.2. The van der Waals surface area contributed by atoms with E-state index >= 15 is 0 Å². The van der Waals surface area contributed by atoms with Crippen molar-refractivity contribution in [2.24, 2.45) is 0 Å². The minimum atomic E-state index is -3.76. The number of benzene rings is 3. The molecular formula is C27H24N2O3S. The zero-order valence-corrected chi connectivity index (χ0v) is 18.9. The molecule has 4 aromatic rings. The molecule has 1 fully saturated rings. The molecular weight excluding hydrogens is 432 g/mol. The third-order valence-corrected chi connectivity index (χ3v) is 7.68. The van der Waals surface area contributed by atoms with Crippen molar-refractivity contribution in [3.05, 3.63) is 108 Å². The van der Waals surface area contributed by atoms with Crippen LogP contribution in [0, 0.1) is 0 Å². The first-order chi connectivity index (χ1) is 16.0. The second kappa shape index (κ2) is 8.81. The molecule has 3 aromatic carbocycles. The average molecular weight is 457 g/mol. The predicted octanol–water partition coefficient (Wildman–Crippen LogP) is 4.74. The van der Waals surface area contributed by atoms with Gasteiger partial charge in [0.2, 0.25) is 0 Å². The van der Waals surface area contributed by atoms with Crippen LogP contribution in [0.4, 0.5) is 0 Å². The molecule has 0 amide bonds. The van der Waals surface area contributed by atoms with Crippen LogP contribution in [0.15, 0.2) is 102 Å². The molecule has 1 aliphatic rings. The highest BCUT2D eigenvalue weighted by Gasteiger charge is 2.24. The number of rotatable bonds is 5. The number of carbonyl (C=O) groups is 1. The van der Waals surface area contributed by atoms with Gasteiger partial charge >= 0.3 is 0 Å². The van der Waals surface area contributed by atoms with Gasteiger partial charge in [-0.3, -0.25) is 9.69 Å². The van der Waals surface area contributed by atoms with E-state index < -0.39 is 10.0 Å². The fourth-order valence-electron chi connectivity index (χ4n) is 4.31. The molecule has 6 heteroatoms. The fraction of sp³-hybridized carbons (Fsp3) is 0.148. The summed E-state index contributed by atoms with van der Waals surface area (Å²) in [6.45, 7) is 2.03.